The number of guanidine groups is 1. The lowest BCUT2D eigenvalue weighted by Crippen LogP contribution is -2.38. The van der Waals surface area contributed by atoms with Crippen LogP contribution in [-0.2, 0) is 13.0 Å². The fourth-order valence-electron chi connectivity index (χ4n) is 2.46. The fourth-order valence-corrected chi connectivity index (χ4v) is 3.33. The molecule has 2 aromatic heterocycles. The maximum atomic E-state index is 4.72. The maximum Gasteiger partial charge on any atom is 0.191 e. The van der Waals surface area contributed by atoms with Crippen LogP contribution in [0.25, 0.3) is 0 Å². The highest BCUT2D eigenvalue weighted by molar-refractivity contribution is 7.09. The molecule has 1 atom stereocenters. The largest absolute Gasteiger partial charge is 0.357 e. The van der Waals surface area contributed by atoms with E-state index >= 15 is 0 Å². The Morgan fingerprint density at radius 3 is 2.96 bits per heavy atom. The second-order valence-corrected chi connectivity index (χ2v) is 7.20. The van der Waals surface area contributed by atoms with Gasteiger partial charge in [0.2, 0.25) is 0 Å². The maximum absolute atomic E-state index is 4.72. The van der Waals surface area contributed by atoms with E-state index in [1.54, 1.807) is 0 Å². The summed E-state index contributed by atoms with van der Waals surface area (Å²) in [6, 6.07) is 4.31. The average Bonchev–Trinajstić information content (AvgIpc) is 3.20. The van der Waals surface area contributed by atoms with E-state index in [2.05, 4.69) is 60.2 Å². The summed E-state index contributed by atoms with van der Waals surface area (Å²) >= 11 is 1.82. The fraction of sp³-hybridized carbons (Fsp3) is 0.556. The quantitative estimate of drug-likeness (QED) is 0.416. The molecule has 2 heterocycles. The summed E-state index contributed by atoms with van der Waals surface area (Å²) < 4.78 is 1.99. The number of nitrogens with one attached hydrogen (secondary N) is 2. The molecule has 0 spiro atoms. The second-order valence-electron chi connectivity index (χ2n) is 6.17. The van der Waals surface area contributed by atoms with E-state index in [0.717, 1.165) is 45.0 Å². The molecule has 0 aliphatic rings. The summed E-state index contributed by atoms with van der Waals surface area (Å²) in [6.45, 7) is 9.95. The third kappa shape index (κ3) is 6.74. The van der Waals surface area contributed by atoms with Crippen molar-refractivity contribution < 1.29 is 0 Å². The number of rotatable bonds is 9. The van der Waals surface area contributed by atoms with Crippen LogP contribution in [0.1, 0.15) is 30.7 Å². The summed E-state index contributed by atoms with van der Waals surface area (Å²) in [5.41, 5.74) is 1.21. The lowest BCUT2D eigenvalue weighted by molar-refractivity contribution is 0.566. The van der Waals surface area contributed by atoms with Crippen LogP contribution in [0, 0.1) is 12.8 Å². The van der Waals surface area contributed by atoms with E-state index in [-0.39, 0.29) is 0 Å². The highest BCUT2D eigenvalue weighted by Crippen LogP contribution is 2.14. The summed E-state index contributed by atoms with van der Waals surface area (Å²) in [5.74, 6) is 1.46. The van der Waals surface area contributed by atoms with E-state index in [4.69, 9.17) is 4.99 Å². The minimum absolute atomic E-state index is 0.547. The minimum atomic E-state index is 0.547. The first-order valence-electron chi connectivity index (χ1n) is 8.71. The Morgan fingerprint density at radius 1 is 1.42 bits per heavy atom. The summed E-state index contributed by atoms with van der Waals surface area (Å²) in [5, 5.41) is 13.2. The molecule has 2 aromatic rings. The highest BCUT2D eigenvalue weighted by Gasteiger charge is 2.05. The Labute approximate surface area is 149 Å². The van der Waals surface area contributed by atoms with Gasteiger partial charge in [0.05, 0.1) is 6.20 Å². The van der Waals surface area contributed by atoms with Crippen molar-refractivity contribution in [1.82, 2.24) is 20.4 Å². The van der Waals surface area contributed by atoms with Crippen molar-refractivity contribution in [2.45, 2.75) is 40.2 Å². The number of aromatic nitrogens is 2. The predicted octanol–water partition coefficient (Wildman–Crippen LogP) is 3.08. The molecule has 0 fully saturated rings. The van der Waals surface area contributed by atoms with Gasteiger partial charge in [-0.3, -0.25) is 9.67 Å². The van der Waals surface area contributed by atoms with Crippen molar-refractivity contribution in [3.63, 3.8) is 0 Å². The van der Waals surface area contributed by atoms with Crippen molar-refractivity contribution in [3.8, 4) is 0 Å². The van der Waals surface area contributed by atoms with Crippen LogP contribution in [0.5, 0.6) is 0 Å². The first-order valence-corrected chi connectivity index (χ1v) is 9.59. The van der Waals surface area contributed by atoms with Gasteiger partial charge in [0.15, 0.2) is 5.96 Å². The molecule has 0 radical (unpaired) electrons. The Balaban J connectivity index is 1.71. The zero-order valence-corrected chi connectivity index (χ0v) is 15.8. The second kappa shape index (κ2) is 10.1. The smallest absolute Gasteiger partial charge is 0.191 e. The SMILES string of the molecule is CCNC(=NCC(C)Cc1cccs1)NCCCn1cc(C)cn1. The monoisotopic (exact) mass is 347 g/mol. The number of aliphatic imine (C=N–C) groups is 1. The van der Waals surface area contributed by atoms with E-state index in [1.807, 2.05) is 22.2 Å². The Morgan fingerprint density at radius 2 is 2.29 bits per heavy atom. The molecular weight excluding hydrogens is 318 g/mol. The number of hydrogen-bond donors (Lipinski definition) is 2. The molecule has 0 amide bonds. The molecule has 0 saturated carbocycles. The van der Waals surface area contributed by atoms with Gasteiger partial charge in [-0.25, -0.2) is 0 Å². The molecule has 0 aromatic carbocycles. The summed E-state index contributed by atoms with van der Waals surface area (Å²) in [4.78, 5) is 6.15. The topological polar surface area (TPSA) is 54.2 Å². The van der Waals surface area contributed by atoms with Gasteiger partial charge in [-0.2, -0.15) is 5.10 Å². The van der Waals surface area contributed by atoms with Crippen molar-refractivity contribution in [1.29, 1.82) is 0 Å². The molecule has 0 aliphatic carbocycles. The molecule has 1 unspecified atom stereocenters. The average molecular weight is 348 g/mol. The number of thiophene rings is 1. The van der Waals surface area contributed by atoms with Crippen LogP contribution >= 0.6 is 11.3 Å². The zero-order chi connectivity index (χ0) is 17.2. The van der Waals surface area contributed by atoms with Crippen LogP contribution in [0.3, 0.4) is 0 Å². The first-order chi connectivity index (χ1) is 11.7. The van der Waals surface area contributed by atoms with E-state index in [1.165, 1.54) is 10.4 Å². The molecule has 0 saturated heterocycles. The van der Waals surface area contributed by atoms with Crippen molar-refractivity contribution in [2.75, 3.05) is 19.6 Å². The third-order valence-corrected chi connectivity index (χ3v) is 4.55. The molecule has 5 nitrogen and oxygen atoms in total. The van der Waals surface area contributed by atoms with Crippen molar-refractivity contribution >= 4 is 17.3 Å². The van der Waals surface area contributed by atoms with Crippen LogP contribution in [0.2, 0.25) is 0 Å². The van der Waals surface area contributed by atoms with E-state index < -0.39 is 0 Å². The first kappa shape index (κ1) is 18.5. The van der Waals surface area contributed by atoms with Crippen LogP contribution in [0.4, 0.5) is 0 Å². The molecule has 24 heavy (non-hydrogen) atoms. The van der Waals surface area contributed by atoms with Gasteiger partial charge in [0, 0.05) is 37.3 Å². The Kier molecular flexibility index (Phi) is 7.82. The minimum Gasteiger partial charge on any atom is -0.357 e. The molecular formula is C18H29N5S. The van der Waals surface area contributed by atoms with Gasteiger partial charge in [-0.05, 0) is 49.6 Å². The van der Waals surface area contributed by atoms with E-state index in [0.29, 0.717) is 5.92 Å². The number of hydrogen-bond acceptors (Lipinski definition) is 3. The molecule has 2 N–H and O–H groups in total. The van der Waals surface area contributed by atoms with Gasteiger partial charge in [-0.15, -0.1) is 11.3 Å². The summed E-state index contributed by atoms with van der Waals surface area (Å²) in [6.07, 6.45) is 6.09. The van der Waals surface area contributed by atoms with Crippen LogP contribution in [-0.4, -0.2) is 35.4 Å². The molecule has 2 rings (SSSR count). The number of nitrogens with zero attached hydrogens (tertiary/aromatic N) is 3. The van der Waals surface area contributed by atoms with Gasteiger partial charge in [0.25, 0.3) is 0 Å². The van der Waals surface area contributed by atoms with Gasteiger partial charge in [-0.1, -0.05) is 13.0 Å². The zero-order valence-electron chi connectivity index (χ0n) is 15.0. The van der Waals surface area contributed by atoms with Gasteiger partial charge < -0.3 is 10.6 Å². The van der Waals surface area contributed by atoms with Crippen molar-refractivity contribution in [2.24, 2.45) is 10.9 Å². The molecule has 132 valence electrons. The predicted molar refractivity (Wildman–Crippen MR) is 103 cm³/mol. The Hall–Kier alpha value is -1.82. The molecule has 0 bridgehead atoms. The third-order valence-electron chi connectivity index (χ3n) is 3.65. The van der Waals surface area contributed by atoms with Gasteiger partial charge in [0.1, 0.15) is 0 Å². The van der Waals surface area contributed by atoms with Crippen molar-refractivity contribution in [3.05, 3.63) is 40.3 Å². The normalized spacial score (nSPS) is 13.0. The van der Waals surface area contributed by atoms with Crippen LogP contribution in [0.15, 0.2) is 34.9 Å². The van der Waals surface area contributed by atoms with Crippen LogP contribution < -0.4 is 10.6 Å². The standard InChI is InChI=1S/C18H29N5S/c1-4-19-18(20-8-6-9-23-14-16(3)13-22-23)21-12-15(2)11-17-7-5-10-24-17/h5,7,10,13-15H,4,6,8-9,11-12H2,1-3H3,(H2,19,20,21). The lowest BCUT2D eigenvalue weighted by atomic mass is 10.1. The lowest BCUT2D eigenvalue weighted by Gasteiger charge is -2.13. The Bertz CT molecular complexity index is 603. The van der Waals surface area contributed by atoms with Gasteiger partial charge >= 0.3 is 0 Å². The number of aryl methyl sites for hydroxylation is 2. The van der Waals surface area contributed by atoms with E-state index in [9.17, 15) is 0 Å². The highest BCUT2D eigenvalue weighted by atomic mass is 32.1. The molecule has 0 aliphatic heterocycles. The summed E-state index contributed by atoms with van der Waals surface area (Å²) in [7, 11) is 0. The molecule has 6 heteroatoms.